The van der Waals surface area contributed by atoms with Gasteiger partial charge in [-0.05, 0) is 67.7 Å². The molecule has 2 saturated heterocycles. The van der Waals surface area contributed by atoms with E-state index in [1.54, 1.807) is 17.0 Å². The molecule has 0 bridgehead atoms. The Morgan fingerprint density at radius 3 is 2.61 bits per heavy atom. The smallest absolute Gasteiger partial charge is 0.234 e. The number of amides is 2. The Morgan fingerprint density at radius 1 is 1.14 bits per heavy atom. The van der Waals surface area contributed by atoms with Crippen molar-refractivity contribution in [2.45, 2.75) is 90.7 Å². The summed E-state index contributed by atoms with van der Waals surface area (Å²) < 4.78 is 6.41. The summed E-state index contributed by atoms with van der Waals surface area (Å²) >= 11 is 0. The number of phenolic OH excluding ortho intramolecular Hbond substituents is 1. The third kappa shape index (κ3) is 4.67. The van der Waals surface area contributed by atoms with Gasteiger partial charge in [-0.15, -0.1) is 0 Å². The quantitative estimate of drug-likeness (QED) is 0.361. The van der Waals surface area contributed by atoms with Crippen molar-refractivity contribution in [1.82, 2.24) is 4.90 Å². The summed E-state index contributed by atoms with van der Waals surface area (Å²) in [4.78, 5) is 29.0. The monoisotopic (exact) mass is 491 g/mol. The van der Waals surface area contributed by atoms with E-state index in [-0.39, 0.29) is 47.5 Å². The Hall–Kier alpha value is -2.40. The summed E-state index contributed by atoms with van der Waals surface area (Å²) in [5.74, 6) is 0.372. The van der Waals surface area contributed by atoms with Crippen LogP contribution in [-0.2, 0) is 14.3 Å². The molecule has 1 saturated carbocycles. The van der Waals surface area contributed by atoms with Crippen molar-refractivity contribution in [2.24, 2.45) is 23.7 Å². The number of nitrogens with zero attached hydrogens (tertiary/aromatic N) is 1. The average Bonchev–Trinajstić information content (AvgIpc) is 3.40. The maximum absolute atomic E-state index is 13.7. The second-order valence-electron chi connectivity index (χ2n) is 11.5. The first kappa shape index (κ1) is 25.3. The van der Waals surface area contributed by atoms with E-state index in [0.29, 0.717) is 18.9 Å². The van der Waals surface area contributed by atoms with Crippen molar-refractivity contribution in [3.8, 4) is 5.75 Å². The molecule has 2 aliphatic heterocycles. The van der Waals surface area contributed by atoms with E-state index in [2.05, 4.69) is 26.8 Å². The zero-order valence-corrected chi connectivity index (χ0v) is 22.0. The first-order valence-corrected chi connectivity index (χ1v) is 14.1. The number of benzene rings is 1. The molecule has 0 unspecified atom stereocenters. The van der Waals surface area contributed by atoms with Crippen molar-refractivity contribution in [3.63, 3.8) is 0 Å². The van der Waals surface area contributed by atoms with E-state index in [0.717, 1.165) is 50.5 Å². The number of carbonyl (C=O) groups excluding carboxylic acids is 2. The highest BCUT2D eigenvalue weighted by atomic mass is 16.5. The van der Waals surface area contributed by atoms with Crippen LogP contribution in [0.25, 0.3) is 6.08 Å². The van der Waals surface area contributed by atoms with Crippen LogP contribution in [0.15, 0.2) is 41.0 Å². The number of hydrogen-bond donors (Lipinski definition) is 1. The van der Waals surface area contributed by atoms with Gasteiger partial charge in [0.1, 0.15) is 5.75 Å². The lowest BCUT2D eigenvalue weighted by Crippen LogP contribution is -2.42. The second kappa shape index (κ2) is 10.5. The number of phenols is 1. The van der Waals surface area contributed by atoms with Crippen LogP contribution < -0.4 is 0 Å². The highest BCUT2D eigenvalue weighted by molar-refractivity contribution is 6.06. The minimum Gasteiger partial charge on any atom is -0.508 e. The molecule has 0 spiro atoms. The van der Waals surface area contributed by atoms with Crippen LogP contribution in [0, 0.1) is 23.7 Å². The molecule has 2 heterocycles. The van der Waals surface area contributed by atoms with Gasteiger partial charge in [0.25, 0.3) is 0 Å². The van der Waals surface area contributed by atoms with Crippen LogP contribution in [0.3, 0.4) is 0 Å². The molecule has 3 fully saturated rings. The van der Waals surface area contributed by atoms with Gasteiger partial charge in [-0.2, -0.15) is 0 Å². The fourth-order valence-corrected chi connectivity index (χ4v) is 7.20. The van der Waals surface area contributed by atoms with Gasteiger partial charge in [-0.25, -0.2) is 0 Å². The molecule has 1 aromatic rings. The lowest BCUT2D eigenvalue weighted by Gasteiger charge is -2.33. The minimum atomic E-state index is -0.240. The zero-order chi connectivity index (χ0) is 25.4. The third-order valence-electron chi connectivity index (χ3n) is 9.04. The average molecular weight is 492 g/mol. The number of fused-ring (bicyclic) bond motifs is 3. The highest BCUT2D eigenvalue weighted by Crippen LogP contribution is 2.52. The molecule has 0 aromatic heterocycles. The fourth-order valence-electron chi connectivity index (χ4n) is 7.20. The van der Waals surface area contributed by atoms with Crippen molar-refractivity contribution in [2.75, 3.05) is 6.61 Å². The summed E-state index contributed by atoms with van der Waals surface area (Å²) in [7, 11) is 0. The van der Waals surface area contributed by atoms with Crippen molar-refractivity contribution >= 4 is 17.9 Å². The number of hydrogen-bond acceptors (Lipinski definition) is 4. The number of allylic oxidation sites excluding steroid dienone is 2. The van der Waals surface area contributed by atoms with E-state index in [1.807, 2.05) is 12.1 Å². The Kier molecular flexibility index (Phi) is 7.39. The van der Waals surface area contributed by atoms with Gasteiger partial charge in [0, 0.05) is 12.0 Å². The fraction of sp³-hybridized carbons (Fsp3) is 0.613. The molecule has 2 amide bonds. The Balaban J connectivity index is 1.36. The number of ether oxygens (including phenoxy) is 1. The number of aromatic hydroxyl groups is 1. The van der Waals surface area contributed by atoms with Gasteiger partial charge in [-0.1, -0.05) is 69.4 Å². The highest BCUT2D eigenvalue weighted by Gasteiger charge is 2.58. The molecule has 5 heteroatoms. The number of likely N-dealkylation sites (tertiary alicyclic amines) is 1. The standard InChI is InChI=1S/C31H41NO4/c1-4-20(15-21-9-8-12-23(33)16-21)13-14-27-28-24(19(2)3)17-25-29(26(28)18-36-27)31(35)32(30(25)34)22-10-6-5-7-11-22/h8-9,12,15-16,19,22,25-27,29,33H,4-7,10-11,13-14,17-18H2,1-3H3/b20-15+/t25-,26+,27-,29-/m1/s1. The molecule has 0 radical (unpaired) electrons. The Labute approximate surface area is 215 Å². The molecule has 4 aliphatic rings. The van der Waals surface area contributed by atoms with Gasteiger partial charge < -0.3 is 9.84 Å². The SMILES string of the molecule is CC/C(=C\c1cccc(O)c1)CC[C@H]1OC[C@H]2C1=C(C(C)C)C[C@H]1C(=O)N(C3CCCCC3)C(=O)[C@H]12. The van der Waals surface area contributed by atoms with Crippen LogP contribution in [0.4, 0.5) is 0 Å². The van der Waals surface area contributed by atoms with E-state index in [1.165, 1.54) is 23.1 Å². The number of rotatable bonds is 7. The zero-order valence-electron chi connectivity index (χ0n) is 22.0. The van der Waals surface area contributed by atoms with E-state index >= 15 is 0 Å². The van der Waals surface area contributed by atoms with Crippen molar-refractivity contribution in [3.05, 3.63) is 46.5 Å². The summed E-state index contributed by atoms with van der Waals surface area (Å²) in [5, 5.41) is 9.82. The molecule has 4 atom stereocenters. The first-order chi connectivity index (χ1) is 17.4. The van der Waals surface area contributed by atoms with Crippen molar-refractivity contribution < 1.29 is 19.4 Å². The second-order valence-corrected chi connectivity index (χ2v) is 11.5. The number of imide groups is 1. The minimum absolute atomic E-state index is 0.0131. The number of carbonyl (C=O) groups is 2. The van der Waals surface area contributed by atoms with Gasteiger partial charge >= 0.3 is 0 Å². The molecule has 194 valence electrons. The van der Waals surface area contributed by atoms with Crippen LogP contribution in [-0.4, -0.2) is 40.6 Å². The summed E-state index contributed by atoms with van der Waals surface area (Å²) in [5.41, 5.74) is 5.01. The summed E-state index contributed by atoms with van der Waals surface area (Å²) in [6.45, 7) is 7.15. The van der Waals surface area contributed by atoms with E-state index in [4.69, 9.17) is 4.74 Å². The summed E-state index contributed by atoms with van der Waals surface area (Å²) in [6.07, 6.45) is 11.0. The molecule has 2 aliphatic carbocycles. The molecular weight excluding hydrogens is 450 g/mol. The maximum Gasteiger partial charge on any atom is 0.234 e. The molecule has 36 heavy (non-hydrogen) atoms. The molecule has 5 rings (SSSR count). The molecule has 5 nitrogen and oxygen atoms in total. The van der Waals surface area contributed by atoms with Crippen LogP contribution in [0.2, 0.25) is 0 Å². The predicted octanol–water partition coefficient (Wildman–Crippen LogP) is 6.27. The van der Waals surface area contributed by atoms with Crippen molar-refractivity contribution in [1.29, 1.82) is 0 Å². The third-order valence-corrected chi connectivity index (χ3v) is 9.04. The largest absolute Gasteiger partial charge is 0.508 e. The maximum atomic E-state index is 13.7. The van der Waals surface area contributed by atoms with Crippen LogP contribution >= 0.6 is 0 Å². The van der Waals surface area contributed by atoms with Gasteiger partial charge in [0.05, 0.1) is 24.5 Å². The van der Waals surface area contributed by atoms with Gasteiger partial charge in [-0.3, -0.25) is 14.5 Å². The normalized spacial score (nSPS) is 29.3. The predicted molar refractivity (Wildman–Crippen MR) is 141 cm³/mol. The molecule has 1 aromatic carbocycles. The van der Waals surface area contributed by atoms with Gasteiger partial charge in [0.15, 0.2) is 0 Å². The lowest BCUT2D eigenvalue weighted by molar-refractivity contribution is -0.143. The van der Waals surface area contributed by atoms with E-state index in [9.17, 15) is 14.7 Å². The van der Waals surface area contributed by atoms with Crippen LogP contribution in [0.5, 0.6) is 5.75 Å². The lowest BCUT2D eigenvalue weighted by atomic mass is 9.67. The van der Waals surface area contributed by atoms with E-state index < -0.39 is 0 Å². The Bertz CT molecular complexity index is 1060. The molecular formula is C31H41NO4. The Morgan fingerprint density at radius 2 is 1.92 bits per heavy atom. The molecule has 1 N–H and O–H groups in total. The summed E-state index contributed by atoms with van der Waals surface area (Å²) in [6, 6.07) is 7.46. The first-order valence-electron chi connectivity index (χ1n) is 14.1. The van der Waals surface area contributed by atoms with Gasteiger partial charge in [0.2, 0.25) is 11.8 Å². The van der Waals surface area contributed by atoms with Crippen LogP contribution in [0.1, 0.15) is 84.1 Å². The topological polar surface area (TPSA) is 66.8 Å².